The summed E-state index contributed by atoms with van der Waals surface area (Å²) >= 11 is 0. The zero-order valence-corrected chi connectivity index (χ0v) is 18.9. The second-order valence-corrected chi connectivity index (χ2v) is 5.81. The monoisotopic (exact) mass is 426 g/mol. The Labute approximate surface area is 185 Å². The molecule has 2 N–H and O–H groups in total. The van der Waals surface area contributed by atoms with Crippen LogP contribution in [0.15, 0.2) is 72.3 Å². The topological polar surface area (TPSA) is 80.2 Å². The molecule has 31 heavy (non-hydrogen) atoms. The van der Waals surface area contributed by atoms with Crippen LogP contribution in [0.1, 0.15) is 32.8 Å². The molecule has 0 bridgehead atoms. The van der Waals surface area contributed by atoms with Gasteiger partial charge in [0.05, 0.1) is 20.3 Å². The highest BCUT2D eigenvalue weighted by atomic mass is 16.5. The molecule has 0 saturated heterocycles. The Morgan fingerprint density at radius 3 is 2.52 bits per heavy atom. The Bertz CT molecular complexity index is 832. The molecule has 1 amide bonds. The molecular formula is C25H34N2O4. The van der Waals surface area contributed by atoms with Crippen molar-refractivity contribution in [2.24, 2.45) is 4.99 Å². The van der Waals surface area contributed by atoms with Crippen LogP contribution < -0.4 is 14.8 Å². The molecule has 0 atom stereocenters. The number of carbonyl (C=O) groups excluding carboxylic acids is 1. The summed E-state index contributed by atoms with van der Waals surface area (Å²) in [6.45, 7) is 14.0. The second-order valence-electron chi connectivity index (χ2n) is 5.81. The van der Waals surface area contributed by atoms with E-state index in [0.717, 1.165) is 17.7 Å². The fourth-order valence-corrected chi connectivity index (χ4v) is 2.21. The average molecular weight is 427 g/mol. The minimum absolute atomic E-state index is 0.0584. The van der Waals surface area contributed by atoms with E-state index in [0.29, 0.717) is 24.6 Å². The zero-order valence-electron chi connectivity index (χ0n) is 18.9. The van der Waals surface area contributed by atoms with Gasteiger partial charge in [-0.1, -0.05) is 57.7 Å². The maximum Gasteiger partial charge on any atom is 0.248 e. The lowest BCUT2D eigenvalue weighted by atomic mass is 10.2. The zero-order chi connectivity index (χ0) is 23.5. The molecule has 0 aliphatic rings. The molecule has 0 aliphatic carbocycles. The van der Waals surface area contributed by atoms with Gasteiger partial charge in [-0.25, -0.2) is 0 Å². The first-order valence-corrected chi connectivity index (χ1v) is 10.2. The number of carbonyl (C=O) groups is 1. The van der Waals surface area contributed by atoms with Gasteiger partial charge in [0.2, 0.25) is 5.91 Å². The van der Waals surface area contributed by atoms with E-state index in [4.69, 9.17) is 9.47 Å². The van der Waals surface area contributed by atoms with Crippen molar-refractivity contribution in [3.63, 3.8) is 0 Å². The maximum absolute atomic E-state index is 11.4. The third kappa shape index (κ3) is 11.3. The van der Waals surface area contributed by atoms with Crippen molar-refractivity contribution in [3.8, 4) is 17.2 Å². The lowest BCUT2D eigenvalue weighted by Crippen LogP contribution is -2.07. The summed E-state index contributed by atoms with van der Waals surface area (Å²) in [5.74, 6) is 1.03. The Kier molecular flexibility index (Phi) is 15.4. The Morgan fingerprint density at radius 2 is 1.90 bits per heavy atom. The van der Waals surface area contributed by atoms with E-state index in [9.17, 15) is 9.90 Å². The summed E-state index contributed by atoms with van der Waals surface area (Å²) in [6, 6.07) is 12.5. The first-order valence-electron chi connectivity index (χ1n) is 10.2. The Morgan fingerprint density at radius 1 is 1.19 bits per heavy atom. The van der Waals surface area contributed by atoms with Gasteiger partial charge in [-0.05, 0) is 31.3 Å². The number of amides is 1. The molecule has 0 aliphatic heterocycles. The summed E-state index contributed by atoms with van der Waals surface area (Å²) < 4.78 is 10.5. The lowest BCUT2D eigenvalue weighted by molar-refractivity contribution is -0.111. The molecule has 2 rings (SSSR count). The first kappa shape index (κ1) is 27.5. The Hall–Kier alpha value is -3.54. The third-order valence-corrected chi connectivity index (χ3v) is 3.55. The molecular weight excluding hydrogens is 392 g/mol. The largest absolute Gasteiger partial charge is 0.504 e. The van der Waals surface area contributed by atoms with Crippen LogP contribution in [0.4, 0.5) is 5.69 Å². The number of rotatable bonds is 9. The SMILES string of the molecule is C=C/C=C/C(=O)Nc1ccc(O)c(OCCC)c1.C=NCc1ccccc1OC.CC. The number of para-hydroxylation sites is 1. The van der Waals surface area contributed by atoms with Crippen LogP contribution in [-0.2, 0) is 11.3 Å². The van der Waals surface area contributed by atoms with Gasteiger partial charge in [-0.15, -0.1) is 0 Å². The van der Waals surface area contributed by atoms with Crippen molar-refractivity contribution < 1.29 is 19.4 Å². The Balaban J connectivity index is 0.000000591. The number of phenols is 1. The predicted molar refractivity (Wildman–Crippen MR) is 129 cm³/mol. The molecule has 0 unspecified atom stereocenters. The standard InChI is InChI=1S/C14H17NO3.C9H11NO.C2H6/c1-3-5-6-14(17)15-11-7-8-12(16)13(10-11)18-9-4-2;1-10-7-8-5-3-4-6-9(8)11-2;1-2/h3,5-8,10,16H,1,4,9H2,2H3,(H,15,17);3-6H,1,7H2,2H3;1-2H3/b6-5+;;. The predicted octanol–water partition coefficient (Wildman–Crippen LogP) is 5.78. The molecule has 2 aromatic rings. The molecule has 0 radical (unpaired) electrons. The second kappa shape index (κ2) is 17.3. The number of anilines is 1. The normalized spacial score (nSPS) is 9.42. The van der Waals surface area contributed by atoms with Crippen LogP contribution in [-0.4, -0.2) is 31.4 Å². The number of phenolic OH excluding ortho intramolecular Hbond substituents is 1. The van der Waals surface area contributed by atoms with Gasteiger partial charge in [0.15, 0.2) is 11.5 Å². The van der Waals surface area contributed by atoms with Crippen molar-refractivity contribution in [1.82, 2.24) is 0 Å². The van der Waals surface area contributed by atoms with Crippen molar-refractivity contribution in [2.75, 3.05) is 19.0 Å². The lowest BCUT2D eigenvalue weighted by Gasteiger charge is -2.09. The number of ether oxygens (including phenoxy) is 2. The molecule has 6 heteroatoms. The van der Waals surface area contributed by atoms with Crippen LogP contribution in [0.25, 0.3) is 0 Å². The van der Waals surface area contributed by atoms with Gasteiger partial charge in [0, 0.05) is 23.4 Å². The first-order chi connectivity index (χ1) is 15.0. The van der Waals surface area contributed by atoms with Crippen LogP contribution in [0.3, 0.4) is 0 Å². The number of aromatic hydroxyl groups is 1. The summed E-state index contributed by atoms with van der Waals surface area (Å²) in [7, 11) is 1.65. The maximum atomic E-state index is 11.4. The minimum Gasteiger partial charge on any atom is -0.504 e. The summed E-state index contributed by atoms with van der Waals surface area (Å²) in [4.78, 5) is 15.2. The van der Waals surface area contributed by atoms with E-state index in [-0.39, 0.29) is 11.7 Å². The number of methoxy groups -OCH3 is 1. The number of hydrogen-bond donors (Lipinski definition) is 2. The number of hydrogen-bond acceptors (Lipinski definition) is 5. The number of nitrogens with zero attached hydrogens (tertiary/aromatic N) is 1. The van der Waals surface area contributed by atoms with Gasteiger partial charge < -0.3 is 19.9 Å². The minimum atomic E-state index is -0.262. The quantitative estimate of drug-likeness (QED) is 0.230. The molecule has 0 heterocycles. The molecule has 0 aromatic heterocycles. The highest BCUT2D eigenvalue weighted by Crippen LogP contribution is 2.29. The van der Waals surface area contributed by atoms with Gasteiger partial charge in [-0.2, -0.15) is 0 Å². The van der Waals surface area contributed by atoms with Gasteiger partial charge in [0.1, 0.15) is 5.75 Å². The van der Waals surface area contributed by atoms with Gasteiger partial charge in [-0.3, -0.25) is 9.79 Å². The molecule has 0 saturated carbocycles. The van der Waals surface area contributed by atoms with E-state index < -0.39 is 0 Å². The smallest absolute Gasteiger partial charge is 0.248 e. The third-order valence-electron chi connectivity index (χ3n) is 3.55. The van der Waals surface area contributed by atoms with Crippen molar-refractivity contribution >= 4 is 18.3 Å². The van der Waals surface area contributed by atoms with Crippen molar-refractivity contribution in [2.45, 2.75) is 33.7 Å². The fraction of sp³-hybridized carbons (Fsp3) is 0.280. The van der Waals surface area contributed by atoms with Gasteiger partial charge >= 0.3 is 0 Å². The fourth-order valence-electron chi connectivity index (χ4n) is 2.21. The number of benzene rings is 2. The van der Waals surface area contributed by atoms with Crippen LogP contribution in [0.2, 0.25) is 0 Å². The molecule has 2 aromatic carbocycles. The molecule has 6 nitrogen and oxygen atoms in total. The number of nitrogens with one attached hydrogen (secondary N) is 1. The van der Waals surface area contributed by atoms with Crippen molar-refractivity contribution in [1.29, 1.82) is 0 Å². The van der Waals surface area contributed by atoms with Crippen LogP contribution >= 0.6 is 0 Å². The number of allylic oxidation sites excluding steroid dienone is 2. The van der Waals surface area contributed by atoms with E-state index >= 15 is 0 Å². The van der Waals surface area contributed by atoms with E-state index in [1.54, 1.807) is 25.3 Å². The molecule has 0 fully saturated rings. The van der Waals surface area contributed by atoms with E-state index in [1.165, 1.54) is 18.2 Å². The number of aliphatic imine (C=N–C) groups is 1. The summed E-state index contributed by atoms with van der Waals surface area (Å²) in [6.07, 6.45) is 5.28. The molecule has 0 spiro atoms. The van der Waals surface area contributed by atoms with E-state index in [1.807, 2.05) is 45.0 Å². The van der Waals surface area contributed by atoms with Crippen molar-refractivity contribution in [3.05, 3.63) is 72.8 Å². The summed E-state index contributed by atoms with van der Waals surface area (Å²) in [5, 5.41) is 12.2. The van der Waals surface area contributed by atoms with Crippen LogP contribution in [0.5, 0.6) is 17.2 Å². The van der Waals surface area contributed by atoms with Gasteiger partial charge in [0.25, 0.3) is 0 Å². The van der Waals surface area contributed by atoms with Crippen LogP contribution in [0, 0.1) is 0 Å². The highest BCUT2D eigenvalue weighted by Gasteiger charge is 2.05. The summed E-state index contributed by atoms with van der Waals surface area (Å²) in [5.41, 5.74) is 1.64. The molecule has 168 valence electrons. The highest BCUT2D eigenvalue weighted by molar-refractivity contribution is 5.99. The van der Waals surface area contributed by atoms with E-state index in [2.05, 4.69) is 23.6 Å². The average Bonchev–Trinajstić information content (AvgIpc) is 2.80.